The molecule has 0 saturated carbocycles. The van der Waals surface area contributed by atoms with Gasteiger partial charge >= 0.3 is 0 Å². The van der Waals surface area contributed by atoms with E-state index in [4.69, 9.17) is 5.84 Å². The quantitative estimate of drug-likeness (QED) is 0.415. The largest absolute Gasteiger partial charge is 0.271 e. The molecule has 1 aromatic rings. The van der Waals surface area contributed by atoms with Crippen molar-refractivity contribution in [2.75, 3.05) is 0 Å². The molecule has 1 aromatic carbocycles. The van der Waals surface area contributed by atoms with Crippen molar-refractivity contribution in [3.05, 3.63) is 35.9 Å². The number of hydrazine groups is 1. The number of benzene rings is 1. The summed E-state index contributed by atoms with van der Waals surface area (Å²) in [6, 6.07) is 10.2. The molecule has 0 heterocycles. The summed E-state index contributed by atoms with van der Waals surface area (Å²) in [4.78, 5) is 0. The number of nitrogens with two attached hydrogens (primary N) is 1. The van der Waals surface area contributed by atoms with Crippen LogP contribution in [-0.4, -0.2) is 0 Å². The van der Waals surface area contributed by atoms with Crippen molar-refractivity contribution in [3.63, 3.8) is 0 Å². The summed E-state index contributed by atoms with van der Waals surface area (Å²) in [5.74, 6) is 11.3. The highest BCUT2D eigenvalue weighted by atomic mass is 15.2. The maximum absolute atomic E-state index is 5.43. The Bertz CT molecular complexity index is 295. The molecule has 0 aliphatic rings. The van der Waals surface area contributed by atoms with Gasteiger partial charge in [-0.1, -0.05) is 30.3 Å². The van der Waals surface area contributed by atoms with Crippen LogP contribution >= 0.6 is 0 Å². The fourth-order valence-electron chi connectivity index (χ4n) is 1.16. The summed E-state index contributed by atoms with van der Waals surface area (Å²) in [7, 11) is 0. The van der Waals surface area contributed by atoms with Crippen LogP contribution in [0.1, 0.15) is 24.9 Å². The summed E-state index contributed by atoms with van der Waals surface area (Å²) in [5.41, 5.74) is 3.92. The molecule has 0 aromatic heterocycles. The number of nitrogens with one attached hydrogen (secondary N) is 1. The van der Waals surface area contributed by atoms with Crippen molar-refractivity contribution in [1.82, 2.24) is 5.43 Å². The van der Waals surface area contributed by atoms with Crippen molar-refractivity contribution >= 4 is 0 Å². The summed E-state index contributed by atoms with van der Waals surface area (Å²) in [6.07, 6.45) is 0.747. The number of rotatable bonds is 3. The molecule has 3 N–H and O–H groups in total. The first-order valence-electron chi connectivity index (χ1n) is 4.29. The molecule has 0 aliphatic heterocycles. The van der Waals surface area contributed by atoms with Crippen LogP contribution in [0.4, 0.5) is 0 Å². The van der Waals surface area contributed by atoms with E-state index in [1.165, 1.54) is 5.56 Å². The Labute approximate surface area is 79.1 Å². The van der Waals surface area contributed by atoms with Gasteiger partial charge in [0.15, 0.2) is 0 Å². The Kier molecular flexibility index (Phi) is 4.04. The van der Waals surface area contributed by atoms with Crippen LogP contribution in [0, 0.1) is 11.8 Å². The highest BCUT2D eigenvalue weighted by Gasteiger charge is 2.05. The lowest BCUT2D eigenvalue weighted by molar-refractivity contribution is 0.568. The third-order valence-corrected chi connectivity index (χ3v) is 1.89. The number of hydrogen-bond donors (Lipinski definition) is 2. The van der Waals surface area contributed by atoms with Gasteiger partial charge in [-0.2, -0.15) is 0 Å². The Morgan fingerprint density at radius 1 is 1.38 bits per heavy atom. The molecular formula is C11H14N2. The van der Waals surface area contributed by atoms with E-state index in [-0.39, 0.29) is 6.04 Å². The number of hydrogen-bond acceptors (Lipinski definition) is 2. The van der Waals surface area contributed by atoms with Gasteiger partial charge in [0.05, 0.1) is 6.04 Å². The first kappa shape index (κ1) is 9.79. The molecule has 0 saturated heterocycles. The van der Waals surface area contributed by atoms with E-state index < -0.39 is 0 Å². The lowest BCUT2D eigenvalue weighted by Gasteiger charge is -2.12. The predicted molar refractivity (Wildman–Crippen MR) is 54.6 cm³/mol. The smallest absolute Gasteiger partial charge is 0.0569 e. The van der Waals surface area contributed by atoms with Gasteiger partial charge in [0.1, 0.15) is 0 Å². The summed E-state index contributed by atoms with van der Waals surface area (Å²) in [5, 5.41) is 0. The predicted octanol–water partition coefficient (Wildman–Crippen LogP) is 1.60. The monoisotopic (exact) mass is 174 g/mol. The lowest BCUT2D eigenvalue weighted by atomic mass is 10.1. The van der Waals surface area contributed by atoms with Crippen LogP contribution in [0.3, 0.4) is 0 Å². The van der Waals surface area contributed by atoms with Gasteiger partial charge in [0.25, 0.3) is 0 Å². The van der Waals surface area contributed by atoms with Crippen LogP contribution in [0.15, 0.2) is 30.3 Å². The second kappa shape index (κ2) is 5.36. The molecule has 68 valence electrons. The molecule has 2 nitrogen and oxygen atoms in total. The zero-order valence-electron chi connectivity index (χ0n) is 7.75. The normalized spacial score (nSPS) is 11.5. The molecule has 1 atom stereocenters. The lowest BCUT2D eigenvalue weighted by Crippen LogP contribution is -2.27. The van der Waals surface area contributed by atoms with E-state index in [1.807, 2.05) is 37.3 Å². The first-order valence-corrected chi connectivity index (χ1v) is 4.29. The molecule has 1 rings (SSSR count). The van der Waals surface area contributed by atoms with Crippen molar-refractivity contribution in [1.29, 1.82) is 0 Å². The second-order valence-corrected chi connectivity index (χ2v) is 2.76. The summed E-state index contributed by atoms with van der Waals surface area (Å²) < 4.78 is 0. The van der Waals surface area contributed by atoms with Gasteiger partial charge < -0.3 is 0 Å². The van der Waals surface area contributed by atoms with Gasteiger partial charge in [-0.05, 0) is 12.5 Å². The van der Waals surface area contributed by atoms with E-state index >= 15 is 0 Å². The van der Waals surface area contributed by atoms with E-state index in [1.54, 1.807) is 0 Å². The minimum absolute atomic E-state index is 0.133. The third-order valence-electron chi connectivity index (χ3n) is 1.89. The minimum atomic E-state index is 0.133. The molecular weight excluding hydrogens is 160 g/mol. The molecule has 0 amide bonds. The Balaban J connectivity index is 2.70. The van der Waals surface area contributed by atoms with Gasteiger partial charge in [0, 0.05) is 6.42 Å². The topological polar surface area (TPSA) is 38.0 Å². The average Bonchev–Trinajstić information content (AvgIpc) is 2.21. The minimum Gasteiger partial charge on any atom is -0.271 e. The van der Waals surface area contributed by atoms with E-state index in [2.05, 4.69) is 17.3 Å². The maximum atomic E-state index is 5.43. The Morgan fingerprint density at radius 2 is 2.08 bits per heavy atom. The molecule has 13 heavy (non-hydrogen) atoms. The van der Waals surface area contributed by atoms with Crippen LogP contribution in [0.5, 0.6) is 0 Å². The van der Waals surface area contributed by atoms with E-state index in [0.29, 0.717) is 0 Å². The van der Waals surface area contributed by atoms with Gasteiger partial charge in [-0.25, -0.2) is 0 Å². The molecule has 0 bridgehead atoms. The zero-order chi connectivity index (χ0) is 9.52. The molecule has 0 aliphatic carbocycles. The highest BCUT2D eigenvalue weighted by molar-refractivity contribution is 5.20. The SMILES string of the molecule is CC#CCC(NN)c1ccccc1. The molecule has 1 unspecified atom stereocenters. The molecule has 0 fully saturated rings. The van der Waals surface area contributed by atoms with Gasteiger partial charge in [0.2, 0.25) is 0 Å². The van der Waals surface area contributed by atoms with Crippen molar-refractivity contribution < 1.29 is 0 Å². The molecule has 0 radical (unpaired) electrons. The van der Waals surface area contributed by atoms with E-state index in [9.17, 15) is 0 Å². The first-order chi connectivity index (χ1) is 6.38. The molecule has 0 spiro atoms. The second-order valence-electron chi connectivity index (χ2n) is 2.76. The molecule has 2 heteroatoms. The average molecular weight is 174 g/mol. The van der Waals surface area contributed by atoms with Crippen molar-refractivity contribution in [2.24, 2.45) is 5.84 Å². The van der Waals surface area contributed by atoms with Crippen molar-refractivity contribution in [3.8, 4) is 11.8 Å². The van der Waals surface area contributed by atoms with Gasteiger partial charge in [-0.15, -0.1) is 11.8 Å². The maximum Gasteiger partial charge on any atom is 0.0569 e. The summed E-state index contributed by atoms with van der Waals surface area (Å²) >= 11 is 0. The summed E-state index contributed by atoms with van der Waals surface area (Å²) in [6.45, 7) is 1.83. The van der Waals surface area contributed by atoms with Crippen molar-refractivity contribution in [2.45, 2.75) is 19.4 Å². The van der Waals surface area contributed by atoms with E-state index in [0.717, 1.165) is 6.42 Å². The standard InChI is InChI=1S/C11H14N2/c1-2-3-9-11(13-12)10-7-5-4-6-8-10/h4-8,11,13H,9,12H2,1H3. The highest BCUT2D eigenvalue weighted by Crippen LogP contribution is 2.13. The van der Waals surface area contributed by atoms with Crippen LogP contribution in [-0.2, 0) is 0 Å². The Hall–Kier alpha value is -1.30. The fraction of sp³-hybridized carbons (Fsp3) is 0.273. The van der Waals surface area contributed by atoms with Gasteiger partial charge in [-0.3, -0.25) is 11.3 Å². The third kappa shape index (κ3) is 2.90. The van der Waals surface area contributed by atoms with Crippen LogP contribution in [0.25, 0.3) is 0 Å². The zero-order valence-corrected chi connectivity index (χ0v) is 7.75. The van der Waals surface area contributed by atoms with Crippen LogP contribution in [0.2, 0.25) is 0 Å². The van der Waals surface area contributed by atoms with Crippen LogP contribution < -0.4 is 11.3 Å². The Morgan fingerprint density at radius 3 is 2.62 bits per heavy atom. The fourth-order valence-corrected chi connectivity index (χ4v) is 1.16.